The Hall–Kier alpha value is -2.50. The van der Waals surface area contributed by atoms with Crippen LogP contribution in [0.4, 0.5) is 10.8 Å². The van der Waals surface area contributed by atoms with Crippen LogP contribution in [0.5, 0.6) is 0 Å². The molecule has 0 radical (unpaired) electrons. The summed E-state index contributed by atoms with van der Waals surface area (Å²) >= 11 is 1.35. The second-order valence-corrected chi connectivity index (χ2v) is 6.23. The number of hydrogen-bond acceptors (Lipinski definition) is 5. The van der Waals surface area contributed by atoms with Crippen LogP contribution >= 0.6 is 11.3 Å². The smallest absolute Gasteiger partial charge is 0.204 e. The Morgan fingerprint density at radius 2 is 1.91 bits per heavy atom. The van der Waals surface area contributed by atoms with Gasteiger partial charge in [0.1, 0.15) is 0 Å². The molecule has 0 bridgehead atoms. The zero-order valence-electron chi connectivity index (χ0n) is 12.7. The van der Waals surface area contributed by atoms with E-state index in [0.29, 0.717) is 16.6 Å². The molecule has 2 aromatic carbocycles. The number of nitrogens with zero attached hydrogens (tertiary/aromatic N) is 1. The van der Waals surface area contributed by atoms with E-state index < -0.39 is 0 Å². The van der Waals surface area contributed by atoms with E-state index >= 15 is 0 Å². The normalized spacial score (nSPS) is 10.5. The molecule has 0 saturated heterocycles. The molecule has 23 heavy (non-hydrogen) atoms. The second kappa shape index (κ2) is 6.73. The quantitative estimate of drug-likeness (QED) is 0.699. The van der Waals surface area contributed by atoms with E-state index in [2.05, 4.69) is 10.3 Å². The summed E-state index contributed by atoms with van der Waals surface area (Å²) in [6.45, 7) is 2.46. The molecule has 0 spiro atoms. The minimum Gasteiger partial charge on any atom is -0.332 e. The van der Waals surface area contributed by atoms with Gasteiger partial charge in [0.05, 0.1) is 11.1 Å². The highest BCUT2D eigenvalue weighted by molar-refractivity contribution is 7.17. The highest BCUT2D eigenvalue weighted by atomic mass is 32.1. The second-order valence-electron chi connectivity index (χ2n) is 5.20. The molecule has 0 aliphatic carbocycles. The van der Waals surface area contributed by atoms with Crippen LogP contribution in [0, 0.1) is 6.92 Å². The summed E-state index contributed by atoms with van der Waals surface area (Å²) in [6, 6.07) is 15.4. The van der Waals surface area contributed by atoms with Crippen molar-refractivity contribution in [1.82, 2.24) is 4.98 Å². The van der Waals surface area contributed by atoms with Crippen molar-refractivity contribution in [3.05, 3.63) is 76.3 Å². The first-order valence-corrected chi connectivity index (χ1v) is 8.11. The largest absolute Gasteiger partial charge is 0.332 e. The summed E-state index contributed by atoms with van der Waals surface area (Å²) in [5.74, 6) is 0.00660. The van der Waals surface area contributed by atoms with Crippen molar-refractivity contribution in [3.8, 4) is 0 Å². The predicted molar refractivity (Wildman–Crippen MR) is 94.3 cm³/mol. The first-order chi connectivity index (χ1) is 11.2. The van der Waals surface area contributed by atoms with Crippen molar-refractivity contribution in [2.24, 2.45) is 5.73 Å². The van der Waals surface area contributed by atoms with E-state index in [1.54, 1.807) is 6.20 Å². The summed E-state index contributed by atoms with van der Waals surface area (Å²) in [5, 5.41) is 3.91. The van der Waals surface area contributed by atoms with E-state index in [0.717, 1.165) is 22.4 Å². The van der Waals surface area contributed by atoms with Crippen LogP contribution in [0.1, 0.15) is 26.4 Å². The van der Waals surface area contributed by atoms with Gasteiger partial charge >= 0.3 is 0 Å². The topological polar surface area (TPSA) is 68.0 Å². The minimum absolute atomic E-state index is 0.00660. The summed E-state index contributed by atoms with van der Waals surface area (Å²) in [5.41, 5.74) is 9.27. The van der Waals surface area contributed by atoms with E-state index in [-0.39, 0.29) is 5.78 Å². The van der Waals surface area contributed by atoms with Crippen LogP contribution in [0.15, 0.2) is 54.7 Å². The van der Waals surface area contributed by atoms with E-state index in [1.165, 1.54) is 11.3 Å². The number of thiazole rings is 1. The SMILES string of the molecule is Cc1ccccc1C(=O)c1cnc(Nc2ccc(CN)cc2)s1. The number of ketones is 1. The summed E-state index contributed by atoms with van der Waals surface area (Å²) in [4.78, 5) is 17.5. The summed E-state index contributed by atoms with van der Waals surface area (Å²) in [6.07, 6.45) is 1.62. The van der Waals surface area contributed by atoms with Crippen molar-refractivity contribution in [2.75, 3.05) is 5.32 Å². The minimum atomic E-state index is 0.00660. The zero-order chi connectivity index (χ0) is 16.2. The first-order valence-electron chi connectivity index (χ1n) is 7.29. The maximum atomic E-state index is 12.5. The molecule has 0 unspecified atom stereocenters. The molecule has 0 aliphatic heterocycles. The molecule has 0 aliphatic rings. The highest BCUT2D eigenvalue weighted by Gasteiger charge is 2.14. The van der Waals surface area contributed by atoms with Gasteiger partial charge in [-0.15, -0.1) is 0 Å². The van der Waals surface area contributed by atoms with Crippen LogP contribution in [-0.4, -0.2) is 10.8 Å². The molecule has 1 aromatic heterocycles. The highest BCUT2D eigenvalue weighted by Crippen LogP contribution is 2.25. The third kappa shape index (κ3) is 3.47. The average molecular weight is 323 g/mol. The number of nitrogens with one attached hydrogen (secondary N) is 1. The van der Waals surface area contributed by atoms with Gasteiger partial charge in [-0.2, -0.15) is 0 Å². The van der Waals surface area contributed by atoms with Crippen molar-refractivity contribution in [2.45, 2.75) is 13.5 Å². The number of anilines is 2. The lowest BCUT2D eigenvalue weighted by Gasteiger charge is -2.03. The third-order valence-corrected chi connectivity index (χ3v) is 4.47. The molecule has 116 valence electrons. The average Bonchev–Trinajstić information content (AvgIpc) is 3.04. The number of aryl methyl sites for hydroxylation is 1. The zero-order valence-corrected chi connectivity index (χ0v) is 13.6. The van der Waals surface area contributed by atoms with Gasteiger partial charge in [-0.1, -0.05) is 47.7 Å². The van der Waals surface area contributed by atoms with E-state index in [9.17, 15) is 4.79 Å². The lowest BCUT2D eigenvalue weighted by Crippen LogP contribution is -2.00. The lowest BCUT2D eigenvalue weighted by atomic mass is 10.0. The number of nitrogens with two attached hydrogens (primary N) is 1. The van der Waals surface area contributed by atoms with Gasteiger partial charge in [0.15, 0.2) is 5.13 Å². The molecule has 3 aromatic rings. The molecular formula is C18H17N3OS. The first kappa shape index (κ1) is 15.4. The van der Waals surface area contributed by atoms with Crippen molar-refractivity contribution in [3.63, 3.8) is 0 Å². The van der Waals surface area contributed by atoms with Gasteiger partial charge in [-0.05, 0) is 30.2 Å². The Balaban J connectivity index is 1.77. The van der Waals surface area contributed by atoms with Gasteiger partial charge in [0.2, 0.25) is 5.78 Å². The summed E-state index contributed by atoms with van der Waals surface area (Å²) in [7, 11) is 0. The lowest BCUT2D eigenvalue weighted by molar-refractivity contribution is 0.104. The van der Waals surface area contributed by atoms with Crippen LogP contribution in [-0.2, 0) is 6.54 Å². The van der Waals surface area contributed by atoms with E-state index in [4.69, 9.17) is 5.73 Å². The Bertz CT molecular complexity index is 824. The maximum absolute atomic E-state index is 12.5. The molecule has 1 heterocycles. The monoisotopic (exact) mass is 323 g/mol. The molecule has 5 heteroatoms. The number of rotatable bonds is 5. The Morgan fingerprint density at radius 3 is 2.61 bits per heavy atom. The predicted octanol–water partition coefficient (Wildman–Crippen LogP) is 3.88. The van der Waals surface area contributed by atoms with Crippen molar-refractivity contribution in [1.29, 1.82) is 0 Å². The van der Waals surface area contributed by atoms with Crippen LogP contribution in [0.3, 0.4) is 0 Å². The number of aromatic nitrogens is 1. The van der Waals surface area contributed by atoms with Gasteiger partial charge in [0, 0.05) is 17.8 Å². The molecule has 4 nitrogen and oxygen atoms in total. The fraction of sp³-hybridized carbons (Fsp3) is 0.111. The van der Waals surface area contributed by atoms with Crippen LogP contribution in [0.25, 0.3) is 0 Å². The Labute approximate surface area is 139 Å². The number of benzene rings is 2. The van der Waals surface area contributed by atoms with Gasteiger partial charge in [-0.3, -0.25) is 4.79 Å². The Kier molecular flexibility index (Phi) is 4.50. The molecule has 0 amide bonds. The maximum Gasteiger partial charge on any atom is 0.204 e. The number of carbonyl (C=O) groups is 1. The van der Waals surface area contributed by atoms with Gasteiger partial charge < -0.3 is 11.1 Å². The van der Waals surface area contributed by atoms with Gasteiger partial charge in [0.25, 0.3) is 0 Å². The molecule has 0 atom stereocenters. The number of hydrogen-bond donors (Lipinski definition) is 2. The Morgan fingerprint density at radius 1 is 1.17 bits per heavy atom. The van der Waals surface area contributed by atoms with Crippen LogP contribution < -0.4 is 11.1 Å². The molecule has 3 N–H and O–H groups in total. The third-order valence-electron chi connectivity index (χ3n) is 3.56. The van der Waals surface area contributed by atoms with Crippen molar-refractivity contribution < 1.29 is 4.79 Å². The summed E-state index contributed by atoms with van der Waals surface area (Å²) < 4.78 is 0. The standard InChI is InChI=1S/C18H17N3OS/c1-12-4-2-3-5-15(12)17(22)16-11-20-18(23-16)21-14-8-6-13(10-19)7-9-14/h2-9,11H,10,19H2,1H3,(H,20,21). The molecular weight excluding hydrogens is 306 g/mol. The number of carbonyl (C=O) groups excluding carboxylic acids is 1. The molecule has 0 saturated carbocycles. The molecule has 3 rings (SSSR count). The van der Waals surface area contributed by atoms with Crippen LogP contribution in [0.2, 0.25) is 0 Å². The van der Waals surface area contributed by atoms with Crippen molar-refractivity contribution >= 4 is 27.9 Å². The fourth-order valence-corrected chi connectivity index (χ4v) is 3.04. The fourth-order valence-electron chi connectivity index (χ4n) is 2.24. The van der Waals surface area contributed by atoms with E-state index in [1.807, 2.05) is 55.5 Å². The molecule has 0 fully saturated rings. The van der Waals surface area contributed by atoms with Gasteiger partial charge in [-0.25, -0.2) is 4.98 Å².